The summed E-state index contributed by atoms with van der Waals surface area (Å²) in [6, 6.07) is 8.97. The highest BCUT2D eigenvalue weighted by Crippen LogP contribution is 2.30. The van der Waals surface area contributed by atoms with Crippen LogP contribution in [-0.2, 0) is 6.18 Å². The third kappa shape index (κ3) is 4.91. The van der Waals surface area contributed by atoms with E-state index in [1.54, 1.807) is 11.0 Å². The van der Waals surface area contributed by atoms with E-state index in [1.165, 1.54) is 24.4 Å². The first-order valence-electron chi connectivity index (χ1n) is 8.61. The average Bonchev–Trinajstić information content (AvgIpc) is 2.68. The highest BCUT2D eigenvalue weighted by molar-refractivity contribution is 5.89. The van der Waals surface area contributed by atoms with Crippen LogP contribution in [0.1, 0.15) is 24.0 Å². The smallest absolute Gasteiger partial charge is 0.416 e. The molecule has 1 aromatic heterocycles. The molecule has 0 bridgehead atoms. The third-order valence-corrected chi connectivity index (χ3v) is 4.28. The van der Waals surface area contributed by atoms with Gasteiger partial charge in [-0.05, 0) is 43.2 Å². The minimum Gasteiger partial charge on any atom is -0.472 e. The second kappa shape index (κ2) is 8.17. The Bertz CT molecular complexity index is 878. The number of likely N-dealkylation sites (tertiary alicyclic amines) is 1. The van der Waals surface area contributed by atoms with Crippen molar-refractivity contribution >= 4 is 11.7 Å². The Morgan fingerprint density at radius 2 is 2.04 bits per heavy atom. The number of nitrogens with one attached hydrogen (secondary N) is 1. The van der Waals surface area contributed by atoms with Crippen molar-refractivity contribution in [3.8, 4) is 11.9 Å². The lowest BCUT2D eigenvalue weighted by Gasteiger charge is -2.32. The van der Waals surface area contributed by atoms with E-state index in [0.717, 1.165) is 18.6 Å². The summed E-state index contributed by atoms with van der Waals surface area (Å²) >= 11 is 0. The summed E-state index contributed by atoms with van der Waals surface area (Å²) in [5.74, 6) is 0.314. The van der Waals surface area contributed by atoms with Crippen LogP contribution in [0, 0.1) is 11.3 Å². The molecule has 1 saturated heterocycles. The van der Waals surface area contributed by atoms with Gasteiger partial charge in [0.05, 0.1) is 23.7 Å². The van der Waals surface area contributed by atoms with Gasteiger partial charge < -0.3 is 15.0 Å². The van der Waals surface area contributed by atoms with Gasteiger partial charge in [-0.3, -0.25) is 0 Å². The van der Waals surface area contributed by atoms with E-state index in [0.29, 0.717) is 31.0 Å². The standard InChI is InChI=1S/C19H17F3N4O2/c20-19(21,22)14-3-5-15(6-4-14)25-18(27)26-9-1-2-16(12-26)28-17-10-13(11-23)7-8-24-17/h3-8,10,16H,1-2,9,12H2,(H,25,27)/t16-/m0/s1. The quantitative estimate of drug-likeness (QED) is 0.858. The highest BCUT2D eigenvalue weighted by atomic mass is 19.4. The molecular weight excluding hydrogens is 373 g/mol. The van der Waals surface area contributed by atoms with Gasteiger partial charge in [0, 0.05) is 24.5 Å². The van der Waals surface area contributed by atoms with Crippen molar-refractivity contribution in [2.75, 3.05) is 18.4 Å². The van der Waals surface area contributed by atoms with Crippen molar-refractivity contribution in [1.82, 2.24) is 9.88 Å². The Morgan fingerprint density at radius 3 is 2.71 bits per heavy atom. The van der Waals surface area contributed by atoms with Crippen LogP contribution < -0.4 is 10.1 Å². The number of amides is 2. The molecule has 1 aliphatic rings. The van der Waals surface area contributed by atoms with Gasteiger partial charge in [0.2, 0.25) is 5.88 Å². The summed E-state index contributed by atoms with van der Waals surface area (Å²) in [4.78, 5) is 18.0. The number of benzene rings is 1. The molecule has 3 rings (SSSR count). The molecule has 2 heterocycles. The maximum atomic E-state index is 12.6. The molecule has 0 aliphatic carbocycles. The van der Waals surface area contributed by atoms with Crippen LogP contribution in [0.4, 0.5) is 23.7 Å². The zero-order valence-electron chi connectivity index (χ0n) is 14.7. The lowest BCUT2D eigenvalue weighted by atomic mass is 10.1. The second-order valence-corrected chi connectivity index (χ2v) is 6.33. The number of alkyl halides is 3. The van der Waals surface area contributed by atoms with Crippen LogP contribution in [0.15, 0.2) is 42.6 Å². The molecule has 0 radical (unpaired) electrons. The predicted molar refractivity (Wildman–Crippen MR) is 94.6 cm³/mol. The van der Waals surface area contributed by atoms with Crippen molar-refractivity contribution in [2.45, 2.75) is 25.1 Å². The molecule has 1 aromatic carbocycles. The van der Waals surface area contributed by atoms with E-state index < -0.39 is 17.8 Å². The number of nitriles is 1. The first-order chi connectivity index (χ1) is 13.3. The Kier molecular flexibility index (Phi) is 5.68. The Labute approximate surface area is 159 Å². The number of carbonyl (C=O) groups is 1. The van der Waals surface area contributed by atoms with Crippen LogP contribution in [0.2, 0.25) is 0 Å². The zero-order chi connectivity index (χ0) is 20.1. The second-order valence-electron chi connectivity index (χ2n) is 6.33. The maximum Gasteiger partial charge on any atom is 0.416 e. The Morgan fingerprint density at radius 1 is 1.29 bits per heavy atom. The number of piperidine rings is 1. The summed E-state index contributed by atoms with van der Waals surface area (Å²) in [5, 5.41) is 11.5. The monoisotopic (exact) mass is 390 g/mol. The largest absolute Gasteiger partial charge is 0.472 e. The van der Waals surface area contributed by atoms with Crippen LogP contribution in [-0.4, -0.2) is 35.1 Å². The molecule has 0 unspecified atom stereocenters. The number of pyridine rings is 1. The first kappa shape index (κ1) is 19.5. The average molecular weight is 390 g/mol. The fraction of sp³-hybridized carbons (Fsp3) is 0.316. The van der Waals surface area contributed by atoms with Crippen molar-refractivity contribution in [1.29, 1.82) is 5.26 Å². The van der Waals surface area contributed by atoms with Crippen LogP contribution in [0.3, 0.4) is 0 Å². The number of aromatic nitrogens is 1. The van der Waals surface area contributed by atoms with Crippen LogP contribution >= 0.6 is 0 Å². The van der Waals surface area contributed by atoms with E-state index >= 15 is 0 Å². The first-order valence-corrected chi connectivity index (χ1v) is 8.61. The summed E-state index contributed by atoms with van der Waals surface area (Å²) in [7, 11) is 0. The number of halogens is 3. The number of ether oxygens (including phenoxy) is 1. The van der Waals surface area contributed by atoms with E-state index in [9.17, 15) is 18.0 Å². The number of hydrogen-bond donors (Lipinski definition) is 1. The maximum absolute atomic E-state index is 12.6. The number of urea groups is 1. The van der Waals surface area contributed by atoms with E-state index in [-0.39, 0.29) is 11.8 Å². The number of anilines is 1. The van der Waals surface area contributed by atoms with Gasteiger partial charge in [-0.25, -0.2) is 9.78 Å². The van der Waals surface area contributed by atoms with Crippen molar-refractivity contribution in [3.05, 3.63) is 53.7 Å². The van der Waals surface area contributed by atoms with Gasteiger partial charge in [-0.2, -0.15) is 18.4 Å². The molecule has 9 heteroatoms. The molecule has 0 spiro atoms. The molecule has 0 saturated carbocycles. The van der Waals surface area contributed by atoms with Gasteiger partial charge in [0.25, 0.3) is 0 Å². The zero-order valence-corrected chi connectivity index (χ0v) is 14.7. The van der Waals surface area contributed by atoms with Crippen molar-refractivity contribution in [3.63, 3.8) is 0 Å². The van der Waals surface area contributed by atoms with E-state index in [4.69, 9.17) is 10.00 Å². The minimum absolute atomic E-state index is 0.282. The Balaban J connectivity index is 1.59. The lowest BCUT2D eigenvalue weighted by molar-refractivity contribution is -0.137. The number of hydrogen-bond acceptors (Lipinski definition) is 4. The highest BCUT2D eigenvalue weighted by Gasteiger charge is 2.30. The van der Waals surface area contributed by atoms with Gasteiger partial charge >= 0.3 is 12.2 Å². The Hall–Kier alpha value is -3.28. The fourth-order valence-corrected chi connectivity index (χ4v) is 2.88. The van der Waals surface area contributed by atoms with E-state index in [1.807, 2.05) is 6.07 Å². The number of nitrogens with zero attached hydrogens (tertiary/aromatic N) is 3. The van der Waals surface area contributed by atoms with Crippen molar-refractivity contribution < 1.29 is 22.7 Å². The topological polar surface area (TPSA) is 78.2 Å². The fourth-order valence-electron chi connectivity index (χ4n) is 2.88. The van der Waals surface area contributed by atoms with Crippen molar-refractivity contribution in [2.24, 2.45) is 0 Å². The third-order valence-electron chi connectivity index (χ3n) is 4.28. The molecule has 1 aliphatic heterocycles. The van der Waals surface area contributed by atoms with Gasteiger partial charge in [0.15, 0.2) is 0 Å². The number of rotatable bonds is 3. The van der Waals surface area contributed by atoms with Crippen LogP contribution in [0.25, 0.3) is 0 Å². The summed E-state index contributed by atoms with van der Waals surface area (Å²) < 4.78 is 43.6. The minimum atomic E-state index is -4.42. The molecule has 146 valence electrons. The number of carbonyl (C=O) groups excluding carboxylic acids is 1. The normalized spacial score (nSPS) is 16.9. The molecule has 2 amide bonds. The molecular formula is C19H17F3N4O2. The van der Waals surface area contributed by atoms with E-state index in [2.05, 4.69) is 10.3 Å². The molecule has 1 N–H and O–H groups in total. The molecule has 1 fully saturated rings. The molecule has 1 atom stereocenters. The summed E-state index contributed by atoms with van der Waals surface area (Å²) in [6.07, 6.45) is -1.79. The van der Waals surface area contributed by atoms with Gasteiger partial charge in [-0.1, -0.05) is 0 Å². The molecule has 28 heavy (non-hydrogen) atoms. The lowest BCUT2D eigenvalue weighted by Crippen LogP contribution is -2.46. The SMILES string of the molecule is N#Cc1ccnc(O[C@H]2CCCN(C(=O)Nc3ccc(C(F)(F)F)cc3)C2)c1. The summed E-state index contributed by atoms with van der Waals surface area (Å²) in [6.45, 7) is 0.822. The molecule has 6 nitrogen and oxygen atoms in total. The van der Waals surface area contributed by atoms with Gasteiger partial charge in [0.1, 0.15) is 6.10 Å². The predicted octanol–water partition coefficient (Wildman–Crippen LogP) is 4.05. The molecule has 2 aromatic rings. The van der Waals surface area contributed by atoms with Crippen LogP contribution in [0.5, 0.6) is 5.88 Å². The summed E-state index contributed by atoms with van der Waals surface area (Å²) in [5.41, 5.74) is -0.0637. The van der Waals surface area contributed by atoms with Gasteiger partial charge in [-0.15, -0.1) is 0 Å².